The van der Waals surface area contributed by atoms with Crippen LogP contribution in [0.25, 0.3) is 0 Å². The van der Waals surface area contributed by atoms with Crippen molar-refractivity contribution in [2.45, 2.75) is 12.5 Å². The number of nitrogens with one attached hydrogen (secondary N) is 1. The first-order valence-corrected chi connectivity index (χ1v) is 5.19. The summed E-state index contributed by atoms with van der Waals surface area (Å²) in [5, 5.41) is 12.4. The highest BCUT2D eigenvalue weighted by Crippen LogP contribution is 2.19. The van der Waals surface area contributed by atoms with Crippen molar-refractivity contribution in [3.8, 4) is 0 Å². The number of aliphatic hydroxyl groups excluding tert-OH is 1. The van der Waals surface area contributed by atoms with Crippen LogP contribution in [0.5, 0.6) is 0 Å². The molecule has 0 aliphatic heterocycles. The molecule has 0 aliphatic carbocycles. The third-order valence-electron chi connectivity index (χ3n) is 1.90. The van der Waals surface area contributed by atoms with Gasteiger partial charge < -0.3 is 10.4 Å². The van der Waals surface area contributed by atoms with Crippen molar-refractivity contribution in [3.05, 3.63) is 34.1 Å². The zero-order valence-electron chi connectivity index (χ0n) is 7.93. The van der Waals surface area contributed by atoms with Gasteiger partial charge in [-0.15, -0.1) is 0 Å². The van der Waals surface area contributed by atoms with Crippen LogP contribution in [0.15, 0.2) is 22.7 Å². The summed E-state index contributed by atoms with van der Waals surface area (Å²) in [6.07, 6.45) is -0.0442. The minimum Gasteiger partial charge on any atom is -0.391 e. The molecule has 14 heavy (non-hydrogen) atoms. The molecule has 4 heteroatoms. The first-order valence-electron chi connectivity index (χ1n) is 4.40. The standard InChI is InChI=1S/C10H13BrFNO/c1-13-6-9(14)5-7-4-8(12)2-3-10(7)11/h2-4,9,13-14H,5-6H2,1H3. The van der Waals surface area contributed by atoms with Gasteiger partial charge in [-0.3, -0.25) is 0 Å². The van der Waals surface area contributed by atoms with Crippen LogP contribution >= 0.6 is 15.9 Å². The topological polar surface area (TPSA) is 32.3 Å². The first kappa shape index (κ1) is 11.6. The molecule has 0 bridgehead atoms. The molecule has 1 unspecified atom stereocenters. The smallest absolute Gasteiger partial charge is 0.123 e. The Bertz CT molecular complexity index is 306. The predicted octanol–water partition coefficient (Wildman–Crippen LogP) is 1.71. The van der Waals surface area contributed by atoms with Crippen LogP contribution in [-0.4, -0.2) is 24.8 Å². The summed E-state index contributed by atoms with van der Waals surface area (Å²) in [7, 11) is 1.77. The summed E-state index contributed by atoms with van der Waals surface area (Å²) in [4.78, 5) is 0. The zero-order chi connectivity index (χ0) is 10.6. The molecule has 0 aromatic heterocycles. The lowest BCUT2D eigenvalue weighted by Gasteiger charge is -2.11. The van der Waals surface area contributed by atoms with Crippen LogP contribution in [0.3, 0.4) is 0 Å². The third-order valence-corrected chi connectivity index (χ3v) is 2.68. The lowest BCUT2D eigenvalue weighted by Crippen LogP contribution is -2.25. The van der Waals surface area contributed by atoms with E-state index in [1.54, 1.807) is 13.1 Å². The van der Waals surface area contributed by atoms with Crippen molar-refractivity contribution in [1.29, 1.82) is 0 Å². The van der Waals surface area contributed by atoms with Gasteiger partial charge in [-0.05, 0) is 30.8 Å². The Balaban J connectivity index is 2.70. The van der Waals surface area contributed by atoms with E-state index in [1.165, 1.54) is 12.1 Å². The molecular weight excluding hydrogens is 249 g/mol. The fourth-order valence-corrected chi connectivity index (χ4v) is 1.67. The highest BCUT2D eigenvalue weighted by molar-refractivity contribution is 9.10. The van der Waals surface area contributed by atoms with Crippen LogP contribution in [-0.2, 0) is 6.42 Å². The molecule has 0 saturated heterocycles. The molecule has 1 rings (SSSR count). The summed E-state index contributed by atoms with van der Waals surface area (Å²) in [6.45, 7) is 0.503. The monoisotopic (exact) mass is 261 g/mol. The van der Waals surface area contributed by atoms with Gasteiger partial charge in [-0.25, -0.2) is 4.39 Å². The fraction of sp³-hybridized carbons (Fsp3) is 0.400. The van der Waals surface area contributed by atoms with E-state index in [9.17, 15) is 9.50 Å². The van der Waals surface area contributed by atoms with Crippen molar-refractivity contribution >= 4 is 15.9 Å². The van der Waals surface area contributed by atoms with E-state index in [0.717, 1.165) is 10.0 Å². The van der Waals surface area contributed by atoms with E-state index in [2.05, 4.69) is 21.2 Å². The number of halogens is 2. The molecule has 78 valence electrons. The van der Waals surface area contributed by atoms with Crippen LogP contribution in [0.4, 0.5) is 4.39 Å². The molecule has 0 saturated carbocycles. The number of likely N-dealkylation sites (N-methyl/N-ethyl adjacent to an activating group) is 1. The summed E-state index contributed by atoms with van der Waals surface area (Å²) in [6, 6.07) is 4.47. The van der Waals surface area contributed by atoms with Crippen molar-refractivity contribution in [2.24, 2.45) is 0 Å². The number of rotatable bonds is 4. The number of hydrogen-bond donors (Lipinski definition) is 2. The van der Waals surface area contributed by atoms with Crippen molar-refractivity contribution in [3.63, 3.8) is 0 Å². The highest BCUT2D eigenvalue weighted by Gasteiger charge is 2.08. The summed E-state index contributed by atoms with van der Waals surface area (Å²) in [5.74, 6) is -0.278. The van der Waals surface area contributed by atoms with Gasteiger partial charge in [0.2, 0.25) is 0 Å². The van der Waals surface area contributed by atoms with E-state index >= 15 is 0 Å². The van der Waals surface area contributed by atoms with Crippen molar-refractivity contribution in [1.82, 2.24) is 5.32 Å². The molecule has 2 nitrogen and oxygen atoms in total. The molecule has 0 fully saturated rings. The maximum Gasteiger partial charge on any atom is 0.123 e. The maximum absolute atomic E-state index is 12.9. The van der Waals surface area contributed by atoms with Crippen LogP contribution in [0, 0.1) is 5.82 Å². The molecule has 0 amide bonds. The second-order valence-electron chi connectivity index (χ2n) is 3.15. The Morgan fingerprint density at radius 3 is 2.93 bits per heavy atom. The van der Waals surface area contributed by atoms with Gasteiger partial charge >= 0.3 is 0 Å². The fourth-order valence-electron chi connectivity index (χ4n) is 1.26. The van der Waals surface area contributed by atoms with Gasteiger partial charge in [0.05, 0.1) is 6.10 Å². The summed E-state index contributed by atoms with van der Waals surface area (Å²) >= 11 is 3.31. The second kappa shape index (κ2) is 5.44. The molecular formula is C10H13BrFNO. The molecule has 0 aliphatic rings. The SMILES string of the molecule is CNCC(O)Cc1cc(F)ccc1Br. The molecule has 0 radical (unpaired) electrons. The molecule has 0 spiro atoms. The molecule has 1 aromatic rings. The van der Waals surface area contributed by atoms with E-state index in [4.69, 9.17) is 0 Å². The quantitative estimate of drug-likeness (QED) is 0.865. The van der Waals surface area contributed by atoms with E-state index in [-0.39, 0.29) is 5.82 Å². The van der Waals surface area contributed by atoms with Crippen molar-refractivity contribution in [2.75, 3.05) is 13.6 Å². The van der Waals surface area contributed by atoms with Crippen LogP contribution < -0.4 is 5.32 Å². The van der Waals surface area contributed by atoms with Gasteiger partial charge in [0.15, 0.2) is 0 Å². The number of aliphatic hydroxyl groups is 1. The lowest BCUT2D eigenvalue weighted by atomic mass is 10.1. The Morgan fingerprint density at radius 1 is 1.57 bits per heavy atom. The second-order valence-corrected chi connectivity index (χ2v) is 4.01. The average molecular weight is 262 g/mol. The minimum atomic E-state index is -0.488. The Morgan fingerprint density at radius 2 is 2.29 bits per heavy atom. The molecule has 1 aromatic carbocycles. The minimum absolute atomic E-state index is 0.278. The largest absolute Gasteiger partial charge is 0.391 e. The van der Waals surface area contributed by atoms with Gasteiger partial charge in [0.25, 0.3) is 0 Å². The van der Waals surface area contributed by atoms with Gasteiger partial charge in [-0.2, -0.15) is 0 Å². The van der Waals surface area contributed by atoms with Crippen LogP contribution in [0.1, 0.15) is 5.56 Å². The number of hydrogen-bond acceptors (Lipinski definition) is 2. The van der Waals surface area contributed by atoms with Crippen LogP contribution in [0.2, 0.25) is 0 Å². The van der Waals surface area contributed by atoms with Gasteiger partial charge in [0, 0.05) is 17.4 Å². The van der Waals surface area contributed by atoms with E-state index < -0.39 is 6.10 Å². The van der Waals surface area contributed by atoms with E-state index in [0.29, 0.717) is 13.0 Å². The van der Waals surface area contributed by atoms with E-state index in [1.807, 2.05) is 0 Å². The molecule has 0 heterocycles. The van der Waals surface area contributed by atoms with Gasteiger partial charge in [0.1, 0.15) is 5.82 Å². The maximum atomic E-state index is 12.9. The normalized spacial score (nSPS) is 12.9. The molecule has 2 N–H and O–H groups in total. The van der Waals surface area contributed by atoms with Crippen molar-refractivity contribution < 1.29 is 9.50 Å². The van der Waals surface area contributed by atoms with Gasteiger partial charge in [-0.1, -0.05) is 15.9 Å². The Kier molecular flexibility index (Phi) is 4.51. The Hall–Kier alpha value is -0.450. The zero-order valence-corrected chi connectivity index (χ0v) is 9.51. The third kappa shape index (κ3) is 3.36. The summed E-state index contributed by atoms with van der Waals surface area (Å²) in [5.41, 5.74) is 0.785. The highest BCUT2D eigenvalue weighted by atomic mass is 79.9. The predicted molar refractivity (Wildman–Crippen MR) is 57.7 cm³/mol. The Labute approximate surface area is 91.3 Å². The lowest BCUT2D eigenvalue weighted by molar-refractivity contribution is 0.174. The summed E-state index contributed by atoms with van der Waals surface area (Å²) < 4.78 is 13.7. The average Bonchev–Trinajstić information content (AvgIpc) is 2.12. The number of benzene rings is 1. The molecule has 1 atom stereocenters. The first-order chi connectivity index (χ1) is 6.63.